The van der Waals surface area contributed by atoms with Gasteiger partial charge in [0.1, 0.15) is 0 Å². The third kappa shape index (κ3) is 1.63. The first-order valence-electron chi connectivity index (χ1n) is 5.41. The monoisotopic (exact) mass is 224 g/mol. The molecule has 4 nitrogen and oxygen atoms in total. The highest BCUT2D eigenvalue weighted by Gasteiger charge is 2.07. The van der Waals surface area contributed by atoms with Crippen molar-refractivity contribution in [1.29, 1.82) is 0 Å². The standard InChI is InChI=1S/C13H12N4/c1-9-4-2-3-5-11(9)12-6-13-15-7-10(14)8-17(13)16-12/h2-8H,14H2,1H3. The molecule has 0 saturated carbocycles. The van der Waals surface area contributed by atoms with Crippen molar-refractivity contribution in [3.8, 4) is 11.3 Å². The molecule has 0 unspecified atom stereocenters. The normalized spacial score (nSPS) is 10.9. The van der Waals surface area contributed by atoms with Crippen LogP contribution in [0.2, 0.25) is 0 Å². The van der Waals surface area contributed by atoms with Crippen molar-refractivity contribution in [3.63, 3.8) is 0 Å². The van der Waals surface area contributed by atoms with Gasteiger partial charge in [0.25, 0.3) is 0 Å². The van der Waals surface area contributed by atoms with Gasteiger partial charge in [0.05, 0.1) is 23.8 Å². The van der Waals surface area contributed by atoms with Crippen LogP contribution >= 0.6 is 0 Å². The number of aryl methyl sites for hydroxylation is 1. The van der Waals surface area contributed by atoms with E-state index in [0.29, 0.717) is 5.69 Å². The second-order valence-electron chi connectivity index (χ2n) is 4.03. The third-order valence-corrected chi connectivity index (χ3v) is 2.75. The molecule has 2 aromatic heterocycles. The van der Waals surface area contributed by atoms with Gasteiger partial charge in [0.15, 0.2) is 5.65 Å². The van der Waals surface area contributed by atoms with E-state index in [-0.39, 0.29) is 0 Å². The first-order chi connectivity index (χ1) is 8.24. The van der Waals surface area contributed by atoms with E-state index >= 15 is 0 Å². The Labute approximate surface area is 98.7 Å². The van der Waals surface area contributed by atoms with Crippen molar-refractivity contribution in [2.24, 2.45) is 0 Å². The molecule has 0 fully saturated rings. The number of benzene rings is 1. The fourth-order valence-corrected chi connectivity index (χ4v) is 1.88. The maximum absolute atomic E-state index is 5.68. The van der Waals surface area contributed by atoms with E-state index in [9.17, 15) is 0 Å². The smallest absolute Gasteiger partial charge is 0.155 e. The molecule has 0 saturated heterocycles. The van der Waals surface area contributed by atoms with Gasteiger partial charge in [-0.15, -0.1) is 0 Å². The summed E-state index contributed by atoms with van der Waals surface area (Å²) < 4.78 is 1.71. The van der Waals surface area contributed by atoms with E-state index in [0.717, 1.165) is 16.9 Å². The quantitative estimate of drug-likeness (QED) is 0.690. The number of fused-ring (bicyclic) bond motifs is 1. The van der Waals surface area contributed by atoms with E-state index in [1.807, 2.05) is 18.2 Å². The Balaban J connectivity index is 2.22. The predicted octanol–water partition coefficient (Wildman–Crippen LogP) is 2.29. The van der Waals surface area contributed by atoms with Gasteiger partial charge in [-0.1, -0.05) is 24.3 Å². The number of rotatable bonds is 1. The average Bonchev–Trinajstić information content (AvgIpc) is 2.72. The number of hydrogen-bond acceptors (Lipinski definition) is 3. The van der Waals surface area contributed by atoms with Crippen molar-refractivity contribution < 1.29 is 0 Å². The second-order valence-corrected chi connectivity index (χ2v) is 4.03. The van der Waals surface area contributed by atoms with Gasteiger partial charge in [-0.3, -0.25) is 0 Å². The van der Waals surface area contributed by atoms with Crippen LogP contribution in [-0.4, -0.2) is 14.6 Å². The number of aromatic nitrogens is 3. The van der Waals surface area contributed by atoms with Crippen LogP contribution < -0.4 is 5.73 Å². The highest BCUT2D eigenvalue weighted by atomic mass is 15.2. The lowest BCUT2D eigenvalue weighted by Crippen LogP contribution is -1.94. The SMILES string of the molecule is Cc1ccccc1-c1cc2ncc(N)cn2n1. The highest BCUT2D eigenvalue weighted by Crippen LogP contribution is 2.22. The molecule has 0 spiro atoms. The summed E-state index contributed by atoms with van der Waals surface area (Å²) in [6.45, 7) is 2.07. The van der Waals surface area contributed by atoms with Gasteiger partial charge in [0, 0.05) is 11.6 Å². The molecule has 17 heavy (non-hydrogen) atoms. The minimum Gasteiger partial charge on any atom is -0.396 e. The summed E-state index contributed by atoms with van der Waals surface area (Å²) in [5, 5.41) is 4.48. The third-order valence-electron chi connectivity index (χ3n) is 2.75. The maximum atomic E-state index is 5.68. The topological polar surface area (TPSA) is 56.2 Å². The highest BCUT2D eigenvalue weighted by molar-refractivity contribution is 5.67. The lowest BCUT2D eigenvalue weighted by molar-refractivity contribution is 0.946. The summed E-state index contributed by atoms with van der Waals surface area (Å²) >= 11 is 0. The number of nitrogens with two attached hydrogens (primary N) is 1. The fourth-order valence-electron chi connectivity index (χ4n) is 1.88. The molecule has 1 aromatic carbocycles. The summed E-state index contributed by atoms with van der Waals surface area (Å²) in [5.41, 5.74) is 10.3. The van der Waals surface area contributed by atoms with Crippen molar-refractivity contribution in [2.45, 2.75) is 6.92 Å². The van der Waals surface area contributed by atoms with E-state index in [2.05, 4.69) is 29.1 Å². The molecule has 0 atom stereocenters. The van der Waals surface area contributed by atoms with Crippen molar-refractivity contribution in [1.82, 2.24) is 14.6 Å². The maximum Gasteiger partial charge on any atom is 0.155 e. The van der Waals surface area contributed by atoms with Crippen molar-refractivity contribution >= 4 is 11.3 Å². The zero-order valence-electron chi connectivity index (χ0n) is 9.46. The molecule has 84 valence electrons. The lowest BCUT2D eigenvalue weighted by Gasteiger charge is -1.99. The van der Waals surface area contributed by atoms with Crippen LogP contribution in [0.1, 0.15) is 5.56 Å². The van der Waals surface area contributed by atoms with E-state index < -0.39 is 0 Å². The van der Waals surface area contributed by atoms with E-state index in [1.54, 1.807) is 16.9 Å². The molecule has 0 aliphatic heterocycles. The molecular formula is C13H12N4. The van der Waals surface area contributed by atoms with Gasteiger partial charge in [-0.25, -0.2) is 9.50 Å². The second kappa shape index (κ2) is 3.59. The number of nitrogen functional groups attached to an aromatic ring is 1. The number of nitrogens with zero attached hydrogens (tertiary/aromatic N) is 3. The van der Waals surface area contributed by atoms with Gasteiger partial charge in [0.2, 0.25) is 0 Å². The zero-order valence-corrected chi connectivity index (χ0v) is 9.46. The average molecular weight is 224 g/mol. The van der Waals surface area contributed by atoms with Gasteiger partial charge in [-0.2, -0.15) is 5.10 Å². The van der Waals surface area contributed by atoms with Gasteiger partial charge < -0.3 is 5.73 Å². The number of anilines is 1. The van der Waals surface area contributed by atoms with Crippen LogP contribution in [0.3, 0.4) is 0 Å². The molecule has 0 aliphatic rings. The molecule has 2 N–H and O–H groups in total. The Morgan fingerprint density at radius 3 is 2.88 bits per heavy atom. The summed E-state index contributed by atoms with van der Waals surface area (Å²) in [4.78, 5) is 4.23. The molecule has 3 aromatic rings. The molecule has 4 heteroatoms. The van der Waals surface area contributed by atoms with Crippen LogP contribution in [0.15, 0.2) is 42.7 Å². The first-order valence-corrected chi connectivity index (χ1v) is 5.41. The van der Waals surface area contributed by atoms with Crippen LogP contribution in [0.4, 0.5) is 5.69 Å². The molecule has 2 heterocycles. The van der Waals surface area contributed by atoms with E-state index in [4.69, 9.17) is 5.73 Å². The Hall–Kier alpha value is -2.36. The predicted molar refractivity (Wildman–Crippen MR) is 67.6 cm³/mol. The van der Waals surface area contributed by atoms with Crippen molar-refractivity contribution in [2.75, 3.05) is 5.73 Å². The first kappa shape index (κ1) is 9.84. The van der Waals surface area contributed by atoms with Crippen molar-refractivity contribution in [3.05, 3.63) is 48.3 Å². The minimum absolute atomic E-state index is 0.608. The van der Waals surface area contributed by atoms with Crippen LogP contribution in [0.25, 0.3) is 16.9 Å². The Morgan fingerprint density at radius 2 is 2.06 bits per heavy atom. The van der Waals surface area contributed by atoms with Crippen LogP contribution in [0.5, 0.6) is 0 Å². The largest absolute Gasteiger partial charge is 0.396 e. The molecular weight excluding hydrogens is 212 g/mol. The molecule has 0 radical (unpaired) electrons. The summed E-state index contributed by atoms with van der Waals surface area (Å²) in [6, 6.07) is 10.1. The molecule has 0 amide bonds. The Morgan fingerprint density at radius 1 is 1.24 bits per heavy atom. The summed E-state index contributed by atoms with van der Waals surface area (Å²) in [5.74, 6) is 0. The summed E-state index contributed by atoms with van der Waals surface area (Å²) in [6.07, 6.45) is 3.41. The van der Waals surface area contributed by atoms with Crippen LogP contribution in [0, 0.1) is 6.92 Å². The minimum atomic E-state index is 0.608. The van der Waals surface area contributed by atoms with E-state index in [1.165, 1.54) is 5.56 Å². The summed E-state index contributed by atoms with van der Waals surface area (Å²) in [7, 11) is 0. The number of hydrogen-bond donors (Lipinski definition) is 1. The van der Waals surface area contributed by atoms with Gasteiger partial charge in [-0.05, 0) is 12.5 Å². The van der Waals surface area contributed by atoms with Crippen LogP contribution in [-0.2, 0) is 0 Å². The Bertz CT molecular complexity index is 685. The lowest BCUT2D eigenvalue weighted by atomic mass is 10.1. The molecule has 3 rings (SSSR count). The fraction of sp³-hybridized carbons (Fsp3) is 0.0769. The van der Waals surface area contributed by atoms with Gasteiger partial charge >= 0.3 is 0 Å². The zero-order chi connectivity index (χ0) is 11.8. The molecule has 0 aliphatic carbocycles. The Kier molecular flexibility index (Phi) is 2.08. The molecule has 0 bridgehead atoms.